The van der Waals surface area contributed by atoms with Gasteiger partial charge < -0.3 is 15.0 Å². The first-order valence-corrected chi connectivity index (χ1v) is 5.45. The van der Waals surface area contributed by atoms with Gasteiger partial charge >= 0.3 is 0 Å². The minimum atomic E-state index is -0.0830. The number of aromatic nitrogens is 2. The predicted molar refractivity (Wildman–Crippen MR) is 60.9 cm³/mol. The highest BCUT2D eigenvalue weighted by atomic mass is 16.5. The van der Waals surface area contributed by atoms with Gasteiger partial charge in [0.1, 0.15) is 5.82 Å². The summed E-state index contributed by atoms with van der Waals surface area (Å²) in [6.45, 7) is 3.85. The first-order chi connectivity index (χ1) is 7.63. The summed E-state index contributed by atoms with van der Waals surface area (Å²) in [5.41, 5.74) is 0. The molecular formula is C11H19N3O2. The lowest BCUT2D eigenvalue weighted by Crippen LogP contribution is -2.27. The van der Waals surface area contributed by atoms with E-state index in [9.17, 15) is 4.79 Å². The number of methoxy groups -OCH3 is 1. The Hall–Kier alpha value is -1.36. The average molecular weight is 225 g/mol. The number of rotatable bonds is 6. The summed E-state index contributed by atoms with van der Waals surface area (Å²) in [6.07, 6.45) is 4.73. The van der Waals surface area contributed by atoms with E-state index in [1.54, 1.807) is 19.5 Å². The number of ether oxygens (including phenoxy) is 1. The van der Waals surface area contributed by atoms with Gasteiger partial charge in [0, 0.05) is 25.9 Å². The number of carbonyl (C=O) groups is 1. The van der Waals surface area contributed by atoms with Gasteiger partial charge in [-0.25, -0.2) is 4.98 Å². The van der Waals surface area contributed by atoms with Crippen molar-refractivity contribution >= 4 is 5.91 Å². The molecule has 0 radical (unpaired) electrons. The van der Waals surface area contributed by atoms with E-state index in [1.165, 1.54) is 0 Å². The van der Waals surface area contributed by atoms with Gasteiger partial charge in [-0.15, -0.1) is 0 Å². The second kappa shape index (κ2) is 6.27. The van der Waals surface area contributed by atoms with Gasteiger partial charge in [0.2, 0.25) is 5.91 Å². The fourth-order valence-electron chi connectivity index (χ4n) is 1.35. The standard InChI is InChI=1S/C11H19N3O2/c1-8(16-3)4-5-10(15)14-9(2)11-12-6-7-13-11/h6-9H,4-5H2,1-3H3,(H,12,13)(H,14,15). The largest absolute Gasteiger partial charge is 0.382 e. The molecule has 0 aromatic carbocycles. The molecule has 1 aromatic heterocycles. The van der Waals surface area contributed by atoms with Crippen molar-refractivity contribution in [1.29, 1.82) is 0 Å². The van der Waals surface area contributed by atoms with Gasteiger partial charge in [-0.3, -0.25) is 4.79 Å². The van der Waals surface area contributed by atoms with Crippen LogP contribution in [0.4, 0.5) is 0 Å². The second-order valence-corrected chi connectivity index (χ2v) is 3.85. The molecule has 1 aromatic rings. The highest BCUT2D eigenvalue weighted by molar-refractivity contribution is 5.76. The summed E-state index contributed by atoms with van der Waals surface area (Å²) in [5, 5.41) is 2.87. The zero-order valence-electron chi connectivity index (χ0n) is 9.99. The SMILES string of the molecule is COC(C)CCC(=O)NC(C)c1ncc[nH]1. The van der Waals surface area contributed by atoms with Crippen LogP contribution in [0, 0.1) is 0 Å². The molecule has 2 atom stereocenters. The topological polar surface area (TPSA) is 67.0 Å². The Balaban J connectivity index is 2.29. The Morgan fingerprint density at radius 1 is 1.62 bits per heavy atom. The quantitative estimate of drug-likeness (QED) is 0.769. The van der Waals surface area contributed by atoms with E-state index in [1.807, 2.05) is 13.8 Å². The third-order valence-electron chi connectivity index (χ3n) is 2.49. The minimum absolute atomic E-state index is 0.0211. The molecule has 1 heterocycles. The van der Waals surface area contributed by atoms with Crippen LogP contribution in [0.3, 0.4) is 0 Å². The number of amides is 1. The zero-order chi connectivity index (χ0) is 12.0. The van der Waals surface area contributed by atoms with Gasteiger partial charge in [-0.1, -0.05) is 0 Å². The van der Waals surface area contributed by atoms with Gasteiger partial charge in [0.05, 0.1) is 12.1 Å². The van der Waals surface area contributed by atoms with E-state index in [2.05, 4.69) is 15.3 Å². The molecule has 90 valence electrons. The van der Waals surface area contributed by atoms with Crippen molar-refractivity contribution in [2.45, 2.75) is 38.8 Å². The van der Waals surface area contributed by atoms with Gasteiger partial charge in [-0.2, -0.15) is 0 Å². The summed E-state index contributed by atoms with van der Waals surface area (Å²) >= 11 is 0. The molecule has 0 saturated carbocycles. The number of carbonyl (C=O) groups excluding carboxylic acids is 1. The van der Waals surface area contributed by atoms with Crippen molar-refractivity contribution in [3.05, 3.63) is 18.2 Å². The molecule has 0 spiro atoms. The molecule has 0 fully saturated rings. The second-order valence-electron chi connectivity index (χ2n) is 3.85. The molecule has 2 unspecified atom stereocenters. The Kier molecular flexibility index (Phi) is 4.98. The van der Waals surface area contributed by atoms with Gasteiger partial charge in [0.15, 0.2) is 0 Å². The Labute approximate surface area is 95.6 Å². The molecule has 0 bridgehead atoms. The molecule has 5 nitrogen and oxygen atoms in total. The van der Waals surface area contributed by atoms with Crippen LogP contribution in [0.5, 0.6) is 0 Å². The maximum Gasteiger partial charge on any atom is 0.220 e. The highest BCUT2D eigenvalue weighted by Gasteiger charge is 2.12. The van der Waals surface area contributed by atoms with Gasteiger partial charge in [0.25, 0.3) is 0 Å². The van der Waals surface area contributed by atoms with Crippen LogP contribution in [0.15, 0.2) is 12.4 Å². The smallest absolute Gasteiger partial charge is 0.220 e. The summed E-state index contributed by atoms with van der Waals surface area (Å²) < 4.78 is 5.08. The molecule has 0 aliphatic heterocycles. The van der Waals surface area contributed by atoms with Crippen LogP contribution in [-0.2, 0) is 9.53 Å². The van der Waals surface area contributed by atoms with Crippen molar-refractivity contribution in [2.75, 3.05) is 7.11 Å². The van der Waals surface area contributed by atoms with Crippen molar-refractivity contribution in [3.8, 4) is 0 Å². The molecule has 0 aliphatic carbocycles. The van der Waals surface area contributed by atoms with Crippen LogP contribution in [0.1, 0.15) is 38.6 Å². The maximum atomic E-state index is 11.6. The number of hydrogen-bond donors (Lipinski definition) is 2. The minimum Gasteiger partial charge on any atom is -0.382 e. The van der Waals surface area contributed by atoms with Crippen molar-refractivity contribution < 1.29 is 9.53 Å². The Morgan fingerprint density at radius 3 is 2.94 bits per heavy atom. The number of nitrogens with zero attached hydrogens (tertiary/aromatic N) is 1. The van der Waals surface area contributed by atoms with E-state index in [-0.39, 0.29) is 18.1 Å². The molecule has 0 aliphatic rings. The number of nitrogens with one attached hydrogen (secondary N) is 2. The van der Waals surface area contributed by atoms with Gasteiger partial charge in [-0.05, 0) is 20.3 Å². The lowest BCUT2D eigenvalue weighted by molar-refractivity contribution is -0.122. The van der Waals surface area contributed by atoms with Crippen LogP contribution < -0.4 is 5.32 Å². The first-order valence-electron chi connectivity index (χ1n) is 5.45. The maximum absolute atomic E-state index is 11.6. The van der Waals surface area contributed by atoms with Crippen molar-refractivity contribution in [2.24, 2.45) is 0 Å². The molecule has 2 N–H and O–H groups in total. The number of hydrogen-bond acceptors (Lipinski definition) is 3. The van der Waals surface area contributed by atoms with Crippen LogP contribution >= 0.6 is 0 Å². The normalized spacial score (nSPS) is 14.4. The third kappa shape index (κ3) is 4.02. The van der Waals surface area contributed by atoms with E-state index in [0.717, 1.165) is 12.2 Å². The summed E-state index contributed by atoms with van der Waals surface area (Å²) in [6, 6.07) is -0.0830. The fourth-order valence-corrected chi connectivity index (χ4v) is 1.35. The van der Waals surface area contributed by atoms with Crippen LogP contribution in [0.25, 0.3) is 0 Å². The summed E-state index contributed by atoms with van der Waals surface area (Å²) in [7, 11) is 1.65. The van der Waals surface area contributed by atoms with Crippen LogP contribution in [-0.4, -0.2) is 29.1 Å². The monoisotopic (exact) mass is 225 g/mol. The lowest BCUT2D eigenvalue weighted by Gasteiger charge is -2.13. The summed E-state index contributed by atoms with van der Waals surface area (Å²) in [4.78, 5) is 18.6. The lowest BCUT2D eigenvalue weighted by atomic mass is 10.2. The molecule has 1 amide bonds. The molecule has 16 heavy (non-hydrogen) atoms. The van der Waals surface area contributed by atoms with Crippen molar-refractivity contribution in [3.63, 3.8) is 0 Å². The molecule has 5 heteroatoms. The Bertz CT molecular complexity index is 311. The van der Waals surface area contributed by atoms with E-state index in [0.29, 0.717) is 6.42 Å². The zero-order valence-corrected chi connectivity index (χ0v) is 9.99. The molecular weight excluding hydrogens is 206 g/mol. The molecule has 1 rings (SSSR count). The average Bonchev–Trinajstić information content (AvgIpc) is 2.79. The van der Waals surface area contributed by atoms with Crippen molar-refractivity contribution in [1.82, 2.24) is 15.3 Å². The highest BCUT2D eigenvalue weighted by Crippen LogP contribution is 2.06. The Morgan fingerprint density at radius 2 is 2.38 bits per heavy atom. The van der Waals surface area contributed by atoms with Crippen LogP contribution in [0.2, 0.25) is 0 Å². The number of H-pyrrole nitrogens is 1. The molecule has 0 saturated heterocycles. The first kappa shape index (κ1) is 12.7. The van der Waals surface area contributed by atoms with E-state index < -0.39 is 0 Å². The van der Waals surface area contributed by atoms with E-state index in [4.69, 9.17) is 4.74 Å². The number of aromatic amines is 1. The summed E-state index contributed by atoms with van der Waals surface area (Å²) in [5.74, 6) is 0.793. The third-order valence-corrected chi connectivity index (χ3v) is 2.49. The fraction of sp³-hybridized carbons (Fsp3) is 0.636. The number of imidazole rings is 1. The van der Waals surface area contributed by atoms with E-state index >= 15 is 0 Å². The predicted octanol–water partition coefficient (Wildman–Crippen LogP) is 1.40.